The van der Waals surface area contributed by atoms with Crippen molar-refractivity contribution in [3.63, 3.8) is 0 Å². The van der Waals surface area contributed by atoms with Crippen molar-refractivity contribution in [3.05, 3.63) is 59.7 Å². The van der Waals surface area contributed by atoms with Crippen LogP contribution in [0.2, 0.25) is 0 Å². The van der Waals surface area contributed by atoms with E-state index in [9.17, 15) is 5.11 Å². The van der Waals surface area contributed by atoms with Gasteiger partial charge in [0, 0.05) is 36.3 Å². The number of aromatic nitrogens is 2. The monoisotopic (exact) mass is 242 g/mol. The van der Waals surface area contributed by atoms with Gasteiger partial charge in [-0.1, -0.05) is 19.1 Å². The summed E-state index contributed by atoms with van der Waals surface area (Å²) >= 11 is 0. The minimum Gasteiger partial charge on any atom is -0.385 e. The molecule has 0 fully saturated rings. The van der Waals surface area contributed by atoms with E-state index in [1.165, 1.54) is 5.56 Å². The summed E-state index contributed by atoms with van der Waals surface area (Å²) in [7, 11) is 0. The van der Waals surface area contributed by atoms with Gasteiger partial charge < -0.3 is 5.11 Å². The SMILES string of the molecule is CCc1ccc(CC(C)(O)c2cccnc2)nc1. The van der Waals surface area contributed by atoms with Crippen molar-refractivity contribution in [2.45, 2.75) is 32.3 Å². The average Bonchev–Trinajstić information content (AvgIpc) is 2.40. The van der Waals surface area contributed by atoms with Crippen molar-refractivity contribution in [2.75, 3.05) is 0 Å². The Labute approximate surface area is 108 Å². The highest BCUT2D eigenvalue weighted by atomic mass is 16.3. The molecule has 3 nitrogen and oxygen atoms in total. The van der Waals surface area contributed by atoms with Gasteiger partial charge in [-0.3, -0.25) is 9.97 Å². The molecular formula is C15H18N2O. The van der Waals surface area contributed by atoms with E-state index in [4.69, 9.17) is 0 Å². The zero-order valence-corrected chi connectivity index (χ0v) is 10.8. The summed E-state index contributed by atoms with van der Waals surface area (Å²) < 4.78 is 0. The van der Waals surface area contributed by atoms with Crippen molar-refractivity contribution in [2.24, 2.45) is 0 Å². The Morgan fingerprint density at radius 2 is 2.06 bits per heavy atom. The predicted molar refractivity (Wildman–Crippen MR) is 71.1 cm³/mol. The molecule has 0 aliphatic carbocycles. The molecule has 0 radical (unpaired) electrons. The number of aryl methyl sites for hydroxylation is 1. The standard InChI is InChI=1S/C15H18N2O/c1-3-12-6-7-14(17-10-12)9-15(2,18)13-5-4-8-16-11-13/h4-8,10-11,18H,3,9H2,1-2H3. The Hall–Kier alpha value is -1.74. The van der Waals surface area contributed by atoms with Crippen LogP contribution < -0.4 is 0 Å². The lowest BCUT2D eigenvalue weighted by atomic mass is 9.92. The first-order valence-electron chi connectivity index (χ1n) is 6.18. The topological polar surface area (TPSA) is 46.0 Å². The molecule has 18 heavy (non-hydrogen) atoms. The van der Waals surface area contributed by atoms with Crippen LogP contribution in [0.1, 0.15) is 30.7 Å². The molecule has 1 atom stereocenters. The fourth-order valence-corrected chi connectivity index (χ4v) is 1.90. The van der Waals surface area contributed by atoms with Crippen LogP contribution in [0.5, 0.6) is 0 Å². The maximum Gasteiger partial charge on any atom is 0.0938 e. The summed E-state index contributed by atoms with van der Waals surface area (Å²) in [5.41, 5.74) is 1.97. The van der Waals surface area contributed by atoms with Crippen LogP contribution in [0.15, 0.2) is 42.9 Å². The molecule has 2 heterocycles. The zero-order chi connectivity index (χ0) is 13.0. The Balaban J connectivity index is 2.16. The smallest absolute Gasteiger partial charge is 0.0938 e. The fraction of sp³-hybridized carbons (Fsp3) is 0.333. The minimum atomic E-state index is -0.936. The normalized spacial score (nSPS) is 14.2. The van der Waals surface area contributed by atoms with Crippen molar-refractivity contribution < 1.29 is 5.11 Å². The molecule has 0 aromatic carbocycles. The highest BCUT2D eigenvalue weighted by molar-refractivity contribution is 5.21. The molecule has 1 unspecified atom stereocenters. The first-order valence-corrected chi connectivity index (χ1v) is 6.18. The van der Waals surface area contributed by atoms with Crippen LogP contribution in [0.4, 0.5) is 0 Å². The molecule has 0 bridgehead atoms. The molecule has 0 saturated heterocycles. The maximum absolute atomic E-state index is 10.5. The van der Waals surface area contributed by atoms with Crippen LogP contribution in [-0.4, -0.2) is 15.1 Å². The Bertz CT molecular complexity index is 492. The molecule has 1 N–H and O–H groups in total. The first kappa shape index (κ1) is 12.7. The predicted octanol–water partition coefficient (Wildman–Crippen LogP) is 2.49. The summed E-state index contributed by atoms with van der Waals surface area (Å²) in [6.45, 7) is 3.89. The highest BCUT2D eigenvalue weighted by Gasteiger charge is 2.24. The van der Waals surface area contributed by atoms with Crippen LogP contribution in [0.25, 0.3) is 0 Å². The van der Waals surface area contributed by atoms with Crippen LogP contribution in [-0.2, 0) is 18.4 Å². The molecule has 0 spiro atoms. The quantitative estimate of drug-likeness (QED) is 0.896. The third-order valence-corrected chi connectivity index (χ3v) is 3.10. The largest absolute Gasteiger partial charge is 0.385 e. The molecule has 0 amide bonds. The van der Waals surface area contributed by atoms with E-state index in [1.54, 1.807) is 19.3 Å². The lowest BCUT2D eigenvalue weighted by Crippen LogP contribution is -2.24. The van der Waals surface area contributed by atoms with Gasteiger partial charge >= 0.3 is 0 Å². The first-order chi connectivity index (χ1) is 8.62. The molecule has 0 aliphatic heterocycles. The highest BCUT2D eigenvalue weighted by Crippen LogP contribution is 2.23. The molecule has 0 aliphatic rings. The summed E-state index contributed by atoms with van der Waals surface area (Å²) in [5.74, 6) is 0. The van der Waals surface area contributed by atoms with E-state index in [2.05, 4.69) is 23.0 Å². The number of aliphatic hydroxyl groups is 1. The maximum atomic E-state index is 10.5. The van der Waals surface area contributed by atoms with Crippen molar-refractivity contribution >= 4 is 0 Å². The molecule has 94 valence electrons. The van der Waals surface area contributed by atoms with Gasteiger partial charge in [-0.25, -0.2) is 0 Å². The van der Waals surface area contributed by atoms with E-state index >= 15 is 0 Å². The van der Waals surface area contributed by atoms with Gasteiger partial charge in [-0.2, -0.15) is 0 Å². The van der Waals surface area contributed by atoms with Crippen LogP contribution in [0, 0.1) is 0 Å². The summed E-state index contributed by atoms with van der Waals surface area (Å²) in [5, 5.41) is 10.5. The Kier molecular flexibility index (Phi) is 3.72. The van der Waals surface area contributed by atoms with Gasteiger partial charge in [0.1, 0.15) is 0 Å². The van der Waals surface area contributed by atoms with E-state index in [-0.39, 0.29) is 0 Å². The fourth-order valence-electron chi connectivity index (χ4n) is 1.90. The van der Waals surface area contributed by atoms with Crippen molar-refractivity contribution in [1.29, 1.82) is 0 Å². The third kappa shape index (κ3) is 2.93. The second-order valence-electron chi connectivity index (χ2n) is 4.70. The Morgan fingerprint density at radius 1 is 1.22 bits per heavy atom. The number of rotatable bonds is 4. The lowest BCUT2D eigenvalue weighted by Gasteiger charge is -2.23. The van der Waals surface area contributed by atoms with Gasteiger partial charge in [0.2, 0.25) is 0 Å². The van der Waals surface area contributed by atoms with Gasteiger partial charge in [-0.15, -0.1) is 0 Å². The summed E-state index contributed by atoms with van der Waals surface area (Å²) in [6, 6.07) is 7.75. The van der Waals surface area contributed by atoms with E-state index in [1.807, 2.05) is 24.4 Å². The average molecular weight is 242 g/mol. The molecule has 2 aromatic rings. The van der Waals surface area contributed by atoms with E-state index in [0.29, 0.717) is 6.42 Å². The van der Waals surface area contributed by atoms with Crippen molar-refractivity contribution in [1.82, 2.24) is 9.97 Å². The number of pyridine rings is 2. The van der Waals surface area contributed by atoms with Gasteiger partial charge in [-0.05, 0) is 31.0 Å². The van der Waals surface area contributed by atoms with E-state index in [0.717, 1.165) is 17.7 Å². The lowest BCUT2D eigenvalue weighted by molar-refractivity contribution is 0.0562. The molecular weight excluding hydrogens is 224 g/mol. The van der Waals surface area contributed by atoms with Gasteiger partial charge in [0.15, 0.2) is 0 Å². The molecule has 0 saturated carbocycles. The summed E-state index contributed by atoms with van der Waals surface area (Å²) in [6.07, 6.45) is 6.73. The molecule has 2 aromatic heterocycles. The Morgan fingerprint density at radius 3 is 2.61 bits per heavy atom. The van der Waals surface area contributed by atoms with Crippen LogP contribution >= 0.6 is 0 Å². The number of hydrogen-bond acceptors (Lipinski definition) is 3. The second kappa shape index (κ2) is 5.27. The van der Waals surface area contributed by atoms with Crippen LogP contribution in [0.3, 0.4) is 0 Å². The second-order valence-corrected chi connectivity index (χ2v) is 4.70. The summed E-state index contributed by atoms with van der Waals surface area (Å²) in [4.78, 5) is 8.42. The van der Waals surface area contributed by atoms with Gasteiger partial charge in [0.25, 0.3) is 0 Å². The van der Waals surface area contributed by atoms with E-state index < -0.39 is 5.60 Å². The minimum absolute atomic E-state index is 0.489. The number of hydrogen-bond donors (Lipinski definition) is 1. The molecule has 2 rings (SSSR count). The van der Waals surface area contributed by atoms with Crippen molar-refractivity contribution in [3.8, 4) is 0 Å². The van der Waals surface area contributed by atoms with Gasteiger partial charge in [0.05, 0.1) is 5.60 Å². The zero-order valence-electron chi connectivity index (χ0n) is 10.8. The number of nitrogens with zero attached hydrogens (tertiary/aromatic N) is 2. The third-order valence-electron chi connectivity index (χ3n) is 3.10. The molecule has 3 heteroatoms.